The van der Waals surface area contributed by atoms with Crippen LogP contribution >= 0.6 is 0 Å². The van der Waals surface area contributed by atoms with Gasteiger partial charge in [-0.05, 0) is 43.2 Å². The zero-order valence-electron chi connectivity index (χ0n) is 12.7. The van der Waals surface area contributed by atoms with E-state index in [0.717, 1.165) is 23.1 Å². The van der Waals surface area contributed by atoms with Gasteiger partial charge in [0.1, 0.15) is 5.69 Å². The van der Waals surface area contributed by atoms with Crippen molar-refractivity contribution in [3.63, 3.8) is 0 Å². The Kier molecular flexibility index (Phi) is 3.92. The molecule has 22 heavy (non-hydrogen) atoms. The summed E-state index contributed by atoms with van der Waals surface area (Å²) in [6.07, 6.45) is 1.14. The molecule has 3 aromatic rings. The molecule has 0 atom stereocenters. The molecule has 2 aromatic carbocycles. The number of carbonyl (C=O) groups is 1. The van der Waals surface area contributed by atoms with Gasteiger partial charge in [-0.15, -0.1) is 0 Å². The van der Waals surface area contributed by atoms with Gasteiger partial charge in [-0.2, -0.15) is 0 Å². The van der Waals surface area contributed by atoms with Gasteiger partial charge in [0.25, 0.3) is 0 Å². The Morgan fingerprint density at radius 2 is 2.09 bits per heavy atom. The standard InChI is InChI=1S/C18H18N2O2/c1-3-13-5-4-6-14(10-13)19-18(21)11-16-15-9-12(2)7-8-17(15)22-20-16/h4-10H,3,11H2,1-2H3,(H,19,21). The van der Waals surface area contributed by atoms with Crippen LogP contribution in [-0.2, 0) is 17.6 Å². The van der Waals surface area contributed by atoms with Crippen LogP contribution in [0.5, 0.6) is 0 Å². The third-order valence-electron chi connectivity index (χ3n) is 3.65. The number of carbonyl (C=O) groups excluding carboxylic acids is 1. The molecular weight excluding hydrogens is 276 g/mol. The molecular formula is C18H18N2O2. The zero-order chi connectivity index (χ0) is 15.5. The van der Waals surface area contributed by atoms with Gasteiger partial charge >= 0.3 is 0 Å². The second-order valence-corrected chi connectivity index (χ2v) is 5.41. The van der Waals surface area contributed by atoms with E-state index in [1.165, 1.54) is 5.56 Å². The largest absolute Gasteiger partial charge is 0.356 e. The fourth-order valence-corrected chi connectivity index (χ4v) is 2.46. The van der Waals surface area contributed by atoms with E-state index < -0.39 is 0 Å². The second kappa shape index (κ2) is 6.02. The summed E-state index contributed by atoms with van der Waals surface area (Å²) in [7, 11) is 0. The first-order chi connectivity index (χ1) is 10.7. The Balaban J connectivity index is 1.76. The van der Waals surface area contributed by atoms with E-state index in [1.807, 2.05) is 49.4 Å². The maximum Gasteiger partial charge on any atom is 0.230 e. The lowest BCUT2D eigenvalue weighted by Crippen LogP contribution is -2.14. The van der Waals surface area contributed by atoms with Crippen LogP contribution in [-0.4, -0.2) is 11.1 Å². The Bertz CT molecular complexity index is 821. The lowest BCUT2D eigenvalue weighted by atomic mass is 10.1. The van der Waals surface area contributed by atoms with Gasteiger partial charge in [-0.3, -0.25) is 4.79 Å². The molecule has 1 aromatic heterocycles. The number of aromatic nitrogens is 1. The monoisotopic (exact) mass is 294 g/mol. The van der Waals surface area contributed by atoms with E-state index in [-0.39, 0.29) is 12.3 Å². The first-order valence-corrected chi connectivity index (χ1v) is 7.39. The van der Waals surface area contributed by atoms with Crippen molar-refractivity contribution in [3.8, 4) is 0 Å². The van der Waals surface area contributed by atoms with Gasteiger partial charge in [0, 0.05) is 11.1 Å². The summed E-state index contributed by atoms with van der Waals surface area (Å²) in [5.41, 5.74) is 4.51. The van der Waals surface area contributed by atoms with Crippen molar-refractivity contribution in [3.05, 3.63) is 59.3 Å². The molecule has 3 rings (SSSR count). The molecule has 1 N–H and O–H groups in total. The molecule has 112 valence electrons. The van der Waals surface area contributed by atoms with E-state index in [9.17, 15) is 4.79 Å². The van der Waals surface area contributed by atoms with Gasteiger partial charge in [0.2, 0.25) is 5.91 Å². The number of hydrogen-bond donors (Lipinski definition) is 1. The molecule has 0 saturated carbocycles. The number of aryl methyl sites for hydroxylation is 2. The smallest absolute Gasteiger partial charge is 0.230 e. The highest BCUT2D eigenvalue weighted by molar-refractivity contribution is 5.94. The van der Waals surface area contributed by atoms with Crippen molar-refractivity contribution >= 4 is 22.6 Å². The summed E-state index contributed by atoms with van der Waals surface area (Å²) in [6.45, 7) is 4.09. The van der Waals surface area contributed by atoms with Crippen LogP contribution in [0.25, 0.3) is 11.0 Å². The van der Waals surface area contributed by atoms with Gasteiger partial charge in [-0.1, -0.05) is 35.8 Å². The topological polar surface area (TPSA) is 55.1 Å². The van der Waals surface area contributed by atoms with E-state index in [4.69, 9.17) is 4.52 Å². The lowest BCUT2D eigenvalue weighted by molar-refractivity contribution is -0.115. The summed E-state index contributed by atoms with van der Waals surface area (Å²) in [5.74, 6) is -0.0926. The van der Waals surface area contributed by atoms with E-state index in [1.54, 1.807) is 0 Å². The summed E-state index contributed by atoms with van der Waals surface area (Å²) in [4.78, 5) is 12.2. The number of benzene rings is 2. The van der Waals surface area contributed by atoms with Crippen LogP contribution < -0.4 is 5.32 Å². The van der Waals surface area contributed by atoms with E-state index >= 15 is 0 Å². The van der Waals surface area contributed by atoms with E-state index in [2.05, 4.69) is 17.4 Å². The maximum atomic E-state index is 12.2. The summed E-state index contributed by atoms with van der Waals surface area (Å²) < 4.78 is 5.26. The van der Waals surface area contributed by atoms with Crippen LogP contribution in [0.3, 0.4) is 0 Å². The molecule has 0 fully saturated rings. The Hall–Kier alpha value is -2.62. The lowest BCUT2D eigenvalue weighted by Gasteiger charge is -2.05. The minimum absolute atomic E-state index is 0.0926. The Morgan fingerprint density at radius 1 is 1.23 bits per heavy atom. The predicted octanol–water partition coefficient (Wildman–Crippen LogP) is 3.88. The summed E-state index contributed by atoms with van der Waals surface area (Å²) >= 11 is 0. The average molecular weight is 294 g/mol. The molecule has 4 nitrogen and oxygen atoms in total. The molecule has 0 spiro atoms. The van der Waals surface area contributed by atoms with Crippen LogP contribution in [0, 0.1) is 6.92 Å². The molecule has 4 heteroatoms. The minimum Gasteiger partial charge on any atom is -0.356 e. The predicted molar refractivity (Wildman–Crippen MR) is 86.9 cm³/mol. The first-order valence-electron chi connectivity index (χ1n) is 7.39. The third-order valence-corrected chi connectivity index (χ3v) is 3.65. The Morgan fingerprint density at radius 3 is 2.91 bits per heavy atom. The summed E-state index contributed by atoms with van der Waals surface area (Å²) in [6, 6.07) is 13.7. The molecule has 0 aliphatic rings. The number of anilines is 1. The third kappa shape index (κ3) is 3.01. The number of rotatable bonds is 4. The summed E-state index contributed by atoms with van der Waals surface area (Å²) in [5, 5.41) is 7.83. The van der Waals surface area contributed by atoms with Crippen molar-refractivity contribution in [2.24, 2.45) is 0 Å². The second-order valence-electron chi connectivity index (χ2n) is 5.41. The molecule has 0 aliphatic carbocycles. The van der Waals surface area contributed by atoms with Crippen LogP contribution in [0.15, 0.2) is 47.0 Å². The fraction of sp³-hybridized carbons (Fsp3) is 0.222. The molecule has 0 unspecified atom stereocenters. The number of nitrogens with one attached hydrogen (secondary N) is 1. The highest BCUT2D eigenvalue weighted by atomic mass is 16.5. The van der Waals surface area contributed by atoms with Crippen molar-refractivity contribution < 1.29 is 9.32 Å². The fourth-order valence-electron chi connectivity index (χ4n) is 2.46. The number of amides is 1. The molecule has 1 heterocycles. The number of fused-ring (bicyclic) bond motifs is 1. The van der Waals surface area contributed by atoms with Crippen molar-refractivity contribution in [1.82, 2.24) is 5.16 Å². The minimum atomic E-state index is -0.0926. The molecule has 0 saturated heterocycles. The zero-order valence-corrected chi connectivity index (χ0v) is 12.7. The maximum absolute atomic E-state index is 12.2. The highest BCUT2D eigenvalue weighted by Crippen LogP contribution is 2.20. The van der Waals surface area contributed by atoms with Crippen molar-refractivity contribution in [2.45, 2.75) is 26.7 Å². The SMILES string of the molecule is CCc1cccc(NC(=O)Cc2noc3ccc(C)cc23)c1. The van der Waals surface area contributed by atoms with Crippen LogP contribution in [0.4, 0.5) is 5.69 Å². The van der Waals surface area contributed by atoms with Gasteiger partial charge < -0.3 is 9.84 Å². The molecule has 0 radical (unpaired) electrons. The molecule has 1 amide bonds. The first kappa shape index (κ1) is 14.3. The average Bonchev–Trinajstić information content (AvgIpc) is 2.89. The Labute approximate surface area is 129 Å². The molecule has 0 aliphatic heterocycles. The van der Waals surface area contributed by atoms with Gasteiger partial charge in [-0.25, -0.2) is 0 Å². The van der Waals surface area contributed by atoms with E-state index in [0.29, 0.717) is 11.3 Å². The van der Waals surface area contributed by atoms with Crippen molar-refractivity contribution in [1.29, 1.82) is 0 Å². The number of hydrogen-bond acceptors (Lipinski definition) is 3. The highest BCUT2D eigenvalue weighted by Gasteiger charge is 2.12. The van der Waals surface area contributed by atoms with Gasteiger partial charge in [0.05, 0.1) is 6.42 Å². The molecule has 0 bridgehead atoms. The van der Waals surface area contributed by atoms with Crippen LogP contribution in [0.2, 0.25) is 0 Å². The van der Waals surface area contributed by atoms with Crippen molar-refractivity contribution in [2.75, 3.05) is 5.32 Å². The van der Waals surface area contributed by atoms with Crippen LogP contribution in [0.1, 0.15) is 23.7 Å². The quantitative estimate of drug-likeness (QED) is 0.794. The normalized spacial score (nSPS) is 10.8. The number of nitrogens with zero attached hydrogens (tertiary/aromatic N) is 1. The van der Waals surface area contributed by atoms with Gasteiger partial charge in [0.15, 0.2) is 5.58 Å².